The van der Waals surface area contributed by atoms with Crippen molar-refractivity contribution >= 4 is 11.5 Å². The van der Waals surface area contributed by atoms with Crippen LogP contribution in [0.5, 0.6) is 0 Å². The maximum atomic E-state index is 2.55. The maximum absolute atomic E-state index is 2.55. The molecule has 1 aliphatic rings. The number of anilines is 2. The fourth-order valence-corrected chi connectivity index (χ4v) is 4.07. The van der Waals surface area contributed by atoms with E-state index in [1.807, 2.05) is 0 Å². The molecule has 3 rings (SSSR count). The molecule has 0 aliphatic carbocycles. The molecule has 0 saturated heterocycles. The van der Waals surface area contributed by atoms with Gasteiger partial charge in [0, 0.05) is 35.7 Å². The lowest BCUT2D eigenvalue weighted by molar-refractivity contribution is 0.319. The molecule has 3 heteroatoms. The Morgan fingerprint density at radius 2 is 1.56 bits per heavy atom. The molecule has 0 bridgehead atoms. The minimum atomic E-state index is 0.0814. The lowest BCUT2D eigenvalue weighted by atomic mass is 9.90. The molecule has 1 aromatic heterocycles. The maximum Gasteiger partial charge on any atom is 0.117 e. The molecule has 1 aliphatic heterocycles. The molecule has 0 amide bonds. The van der Waals surface area contributed by atoms with Crippen molar-refractivity contribution in [1.29, 1.82) is 0 Å². The van der Waals surface area contributed by atoms with E-state index in [4.69, 9.17) is 0 Å². The Morgan fingerprint density at radius 3 is 2.04 bits per heavy atom. The van der Waals surface area contributed by atoms with E-state index in [9.17, 15) is 0 Å². The predicted molar refractivity (Wildman–Crippen MR) is 108 cm³/mol. The van der Waals surface area contributed by atoms with Crippen molar-refractivity contribution in [3.05, 3.63) is 60.1 Å². The van der Waals surface area contributed by atoms with Crippen LogP contribution in [0.2, 0.25) is 0 Å². The second kappa shape index (κ2) is 6.29. The normalized spacial score (nSPS) is 18.6. The smallest absolute Gasteiger partial charge is 0.117 e. The van der Waals surface area contributed by atoms with E-state index in [-0.39, 0.29) is 11.6 Å². The third-order valence-electron chi connectivity index (χ3n) is 5.00. The van der Waals surface area contributed by atoms with Crippen molar-refractivity contribution in [3.63, 3.8) is 0 Å². The summed E-state index contributed by atoms with van der Waals surface area (Å²) in [6, 6.07) is 15.1. The molecule has 0 N–H and O–H groups in total. The Balaban J connectivity index is 2.23. The summed E-state index contributed by atoms with van der Waals surface area (Å²) in [7, 11) is 2.13. The van der Waals surface area contributed by atoms with Crippen LogP contribution in [0.25, 0.3) is 0 Å². The van der Waals surface area contributed by atoms with E-state index >= 15 is 0 Å². The van der Waals surface area contributed by atoms with Gasteiger partial charge in [0.25, 0.3) is 0 Å². The summed E-state index contributed by atoms with van der Waals surface area (Å²) in [4.78, 5) is 5.06. The quantitative estimate of drug-likeness (QED) is 0.721. The number of para-hydroxylation sites is 1. The molecule has 0 radical (unpaired) electrons. The van der Waals surface area contributed by atoms with Crippen LogP contribution in [0.3, 0.4) is 0 Å². The molecular formula is C22H31N3. The van der Waals surface area contributed by atoms with Crippen molar-refractivity contribution in [1.82, 2.24) is 4.57 Å². The zero-order valence-corrected chi connectivity index (χ0v) is 16.6. The lowest BCUT2D eigenvalue weighted by Gasteiger charge is -2.43. The van der Waals surface area contributed by atoms with Gasteiger partial charge in [0.15, 0.2) is 0 Å². The zero-order valence-electron chi connectivity index (χ0n) is 16.6. The highest BCUT2D eigenvalue weighted by Crippen LogP contribution is 2.45. The topological polar surface area (TPSA) is 11.4 Å². The minimum Gasteiger partial charge on any atom is -0.337 e. The van der Waals surface area contributed by atoms with Gasteiger partial charge in [0.1, 0.15) is 12.0 Å². The van der Waals surface area contributed by atoms with E-state index in [0.29, 0.717) is 5.92 Å². The van der Waals surface area contributed by atoms with Gasteiger partial charge in [-0.2, -0.15) is 0 Å². The Kier molecular flexibility index (Phi) is 4.44. The summed E-state index contributed by atoms with van der Waals surface area (Å²) in [6.45, 7) is 13.9. The SMILES string of the molecule is CC1=C(C(C)C)N(c2ccccc2)C(C(C)(C)C)N1c1cccn1C. The summed E-state index contributed by atoms with van der Waals surface area (Å²) >= 11 is 0. The van der Waals surface area contributed by atoms with Gasteiger partial charge in [-0.05, 0) is 37.1 Å². The van der Waals surface area contributed by atoms with Gasteiger partial charge >= 0.3 is 0 Å². The largest absolute Gasteiger partial charge is 0.337 e. The predicted octanol–water partition coefficient (Wildman–Crippen LogP) is 5.61. The van der Waals surface area contributed by atoms with Crippen LogP contribution in [0.4, 0.5) is 11.5 Å². The van der Waals surface area contributed by atoms with E-state index < -0.39 is 0 Å². The monoisotopic (exact) mass is 337 g/mol. The first kappa shape index (κ1) is 17.7. The molecule has 3 nitrogen and oxygen atoms in total. The molecule has 0 fully saturated rings. The molecule has 0 saturated carbocycles. The highest BCUT2D eigenvalue weighted by atomic mass is 15.5. The second-order valence-electron chi connectivity index (χ2n) is 8.42. The van der Waals surface area contributed by atoms with Gasteiger partial charge in [0.05, 0.1) is 0 Å². The average Bonchev–Trinajstić information content (AvgIpc) is 3.08. The van der Waals surface area contributed by atoms with Gasteiger partial charge in [-0.15, -0.1) is 0 Å². The summed E-state index contributed by atoms with van der Waals surface area (Å²) in [5, 5.41) is 0. The highest BCUT2D eigenvalue weighted by molar-refractivity contribution is 5.66. The van der Waals surface area contributed by atoms with E-state index in [1.165, 1.54) is 22.9 Å². The van der Waals surface area contributed by atoms with E-state index in [0.717, 1.165) is 0 Å². The molecule has 25 heavy (non-hydrogen) atoms. The number of nitrogens with zero attached hydrogens (tertiary/aromatic N) is 3. The third-order valence-corrected chi connectivity index (χ3v) is 5.00. The molecule has 1 aromatic carbocycles. The zero-order chi connectivity index (χ0) is 18.4. The lowest BCUT2D eigenvalue weighted by Crippen LogP contribution is -2.50. The molecule has 2 heterocycles. The van der Waals surface area contributed by atoms with Crippen molar-refractivity contribution < 1.29 is 0 Å². The van der Waals surface area contributed by atoms with Crippen molar-refractivity contribution in [2.75, 3.05) is 9.80 Å². The highest BCUT2D eigenvalue weighted by Gasteiger charge is 2.45. The van der Waals surface area contributed by atoms with Crippen LogP contribution in [0.1, 0.15) is 41.5 Å². The molecule has 1 unspecified atom stereocenters. The van der Waals surface area contributed by atoms with Crippen LogP contribution in [0.15, 0.2) is 60.1 Å². The van der Waals surface area contributed by atoms with Crippen LogP contribution in [-0.2, 0) is 7.05 Å². The number of hydrogen-bond donors (Lipinski definition) is 0. The standard InChI is InChI=1S/C22H31N3/c1-16(2)20-17(3)24(19-14-11-15-23(19)7)21(22(4,5)6)25(20)18-12-9-8-10-13-18/h8-16,21H,1-7H3. The number of aromatic nitrogens is 1. The van der Waals surface area contributed by atoms with Crippen molar-refractivity contribution in [3.8, 4) is 0 Å². The van der Waals surface area contributed by atoms with Gasteiger partial charge < -0.3 is 14.4 Å². The summed E-state index contributed by atoms with van der Waals surface area (Å²) in [5.41, 5.74) is 4.10. The van der Waals surface area contributed by atoms with Crippen LogP contribution in [-0.4, -0.2) is 10.7 Å². The number of aryl methyl sites for hydroxylation is 1. The first-order chi connectivity index (χ1) is 11.7. The Bertz CT molecular complexity index is 762. The molecule has 134 valence electrons. The van der Waals surface area contributed by atoms with Crippen molar-refractivity contribution in [2.24, 2.45) is 18.4 Å². The first-order valence-corrected chi connectivity index (χ1v) is 9.19. The third kappa shape index (κ3) is 2.97. The number of hydrogen-bond acceptors (Lipinski definition) is 2. The van der Waals surface area contributed by atoms with Crippen LogP contribution in [0, 0.1) is 11.3 Å². The average molecular weight is 338 g/mol. The fourth-order valence-electron chi connectivity index (χ4n) is 4.07. The van der Waals surface area contributed by atoms with Crippen LogP contribution < -0.4 is 9.80 Å². The molecular weight excluding hydrogens is 306 g/mol. The number of benzene rings is 1. The fraction of sp³-hybridized carbons (Fsp3) is 0.455. The van der Waals surface area contributed by atoms with Crippen LogP contribution >= 0.6 is 0 Å². The van der Waals surface area contributed by atoms with Crippen molar-refractivity contribution in [2.45, 2.75) is 47.7 Å². The minimum absolute atomic E-state index is 0.0814. The molecule has 2 aromatic rings. The summed E-state index contributed by atoms with van der Waals surface area (Å²) < 4.78 is 2.22. The Labute approximate surface area is 152 Å². The van der Waals surface area contributed by atoms with Gasteiger partial charge in [-0.3, -0.25) is 0 Å². The second-order valence-corrected chi connectivity index (χ2v) is 8.42. The number of allylic oxidation sites excluding steroid dienone is 2. The van der Waals surface area contributed by atoms with Gasteiger partial charge in [-0.1, -0.05) is 52.8 Å². The van der Waals surface area contributed by atoms with E-state index in [1.54, 1.807) is 0 Å². The Hall–Kier alpha value is -2.16. The molecule has 1 atom stereocenters. The van der Waals surface area contributed by atoms with Gasteiger partial charge in [0.2, 0.25) is 0 Å². The number of rotatable bonds is 3. The first-order valence-electron chi connectivity index (χ1n) is 9.19. The molecule has 0 spiro atoms. The Morgan fingerprint density at radius 1 is 0.920 bits per heavy atom. The van der Waals surface area contributed by atoms with E-state index in [2.05, 4.69) is 112 Å². The van der Waals surface area contributed by atoms with Gasteiger partial charge in [-0.25, -0.2) is 0 Å². The summed E-state index contributed by atoms with van der Waals surface area (Å²) in [5.74, 6) is 1.70. The summed E-state index contributed by atoms with van der Waals surface area (Å²) in [6.07, 6.45) is 2.36.